The fourth-order valence-corrected chi connectivity index (χ4v) is 2.83. The molecule has 0 saturated carbocycles. The van der Waals surface area contributed by atoms with E-state index in [4.69, 9.17) is 0 Å². The van der Waals surface area contributed by atoms with Crippen LogP contribution < -0.4 is 10.6 Å². The second-order valence-corrected chi connectivity index (χ2v) is 5.59. The summed E-state index contributed by atoms with van der Waals surface area (Å²) >= 11 is 0. The summed E-state index contributed by atoms with van der Waals surface area (Å²) in [5, 5.41) is 5.63. The second-order valence-electron chi connectivity index (χ2n) is 5.59. The number of nitrogens with zero attached hydrogens (tertiary/aromatic N) is 1. The Hall–Kier alpha value is -1.88. The maximum absolute atomic E-state index is 12.0. The van der Waals surface area contributed by atoms with Crippen molar-refractivity contribution in [3.8, 4) is 0 Å². The third-order valence-electron chi connectivity index (χ3n) is 3.95. The van der Waals surface area contributed by atoms with Gasteiger partial charge < -0.3 is 10.6 Å². The molecule has 0 unspecified atom stereocenters. The zero-order chi connectivity index (χ0) is 15.8. The van der Waals surface area contributed by atoms with Crippen molar-refractivity contribution in [3.63, 3.8) is 0 Å². The first-order chi connectivity index (χ1) is 10.7. The minimum absolute atomic E-state index is 0.0304. The molecule has 1 aliphatic rings. The summed E-state index contributed by atoms with van der Waals surface area (Å²) < 4.78 is 0. The van der Waals surface area contributed by atoms with E-state index in [1.165, 1.54) is 5.56 Å². The molecular formula is C17H25N3O2. The smallest absolute Gasteiger partial charge is 0.237 e. The molecule has 0 aliphatic carbocycles. The molecule has 1 aliphatic heterocycles. The Labute approximate surface area is 132 Å². The molecule has 0 bridgehead atoms. The van der Waals surface area contributed by atoms with Crippen LogP contribution in [0, 0.1) is 0 Å². The molecule has 5 nitrogen and oxygen atoms in total. The highest BCUT2D eigenvalue weighted by Gasteiger charge is 2.30. The molecule has 2 N–H and O–H groups in total. The Morgan fingerprint density at radius 1 is 1.36 bits per heavy atom. The molecule has 22 heavy (non-hydrogen) atoms. The van der Waals surface area contributed by atoms with Crippen LogP contribution in [0.15, 0.2) is 30.3 Å². The summed E-state index contributed by atoms with van der Waals surface area (Å²) in [6.45, 7) is 4.80. The number of carbonyl (C=O) groups is 2. The molecule has 0 spiro atoms. The van der Waals surface area contributed by atoms with Crippen LogP contribution >= 0.6 is 0 Å². The number of rotatable bonds is 7. The number of amides is 2. The molecule has 120 valence electrons. The van der Waals surface area contributed by atoms with Gasteiger partial charge in [-0.3, -0.25) is 14.5 Å². The van der Waals surface area contributed by atoms with Crippen molar-refractivity contribution in [2.75, 3.05) is 26.2 Å². The highest BCUT2D eigenvalue weighted by atomic mass is 16.2. The van der Waals surface area contributed by atoms with Gasteiger partial charge in [0.05, 0.1) is 12.5 Å². The monoisotopic (exact) mass is 303 g/mol. The van der Waals surface area contributed by atoms with Crippen LogP contribution in [0.3, 0.4) is 0 Å². The van der Waals surface area contributed by atoms with E-state index in [0.29, 0.717) is 13.1 Å². The van der Waals surface area contributed by atoms with Gasteiger partial charge in [-0.15, -0.1) is 0 Å². The molecule has 1 heterocycles. The first-order valence-electron chi connectivity index (χ1n) is 8.03. The predicted molar refractivity (Wildman–Crippen MR) is 86.4 cm³/mol. The molecule has 1 fully saturated rings. The third kappa shape index (κ3) is 4.84. The van der Waals surface area contributed by atoms with Crippen molar-refractivity contribution < 1.29 is 9.59 Å². The van der Waals surface area contributed by atoms with E-state index >= 15 is 0 Å². The quantitative estimate of drug-likeness (QED) is 0.788. The third-order valence-corrected chi connectivity index (χ3v) is 3.95. The topological polar surface area (TPSA) is 61.4 Å². The normalized spacial score (nSPS) is 18.8. The van der Waals surface area contributed by atoms with Gasteiger partial charge >= 0.3 is 0 Å². The van der Waals surface area contributed by atoms with Gasteiger partial charge in [-0.25, -0.2) is 0 Å². The van der Waals surface area contributed by atoms with Crippen molar-refractivity contribution in [1.29, 1.82) is 0 Å². The summed E-state index contributed by atoms with van der Waals surface area (Å²) in [5.41, 5.74) is 1.31. The van der Waals surface area contributed by atoms with Gasteiger partial charge in [-0.1, -0.05) is 30.3 Å². The molecule has 2 rings (SSSR count). The van der Waals surface area contributed by atoms with Crippen molar-refractivity contribution >= 4 is 11.8 Å². The average molecular weight is 303 g/mol. The summed E-state index contributed by atoms with van der Waals surface area (Å²) in [6.07, 6.45) is 2.22. The van der Waals surface area contributed by atoms with Gasteiger partial charge in [0.15, 0.2) is 0 Å². The summed E-state index contributed by atoms with van der Waals surface area (Å²) in [4.78, 5) is 26.0. The zero-order valence-electron chi connectivity index (χ0n) is 13.2. The highest BCUT2D eigenvalue weighted by molar-refractivity contribution is 5.88. The highest BCUT2D eigenvalue weighted by Crippen LogP contribution is 2.11. The fourth-order valence-electron chi connectivity index (χ4n) is 2.83. The molecule has 1 saturated heterocycles. The van der Waals surface area contributed by atoms with Crippen molar-refractivity contribution in [2.24, 2.45) is 0 Å². The second kappa shape index (κ2) is 8.54. The van der Waals surface area contributed by atoms with E-state index in [9.17, 15) is 9.59 Å². The van der Waals surface area contributed by atoms with Gasteiger partial charge in [0, 0.05) is 19.6 Å². The number of nitrogens with one attached hydrogen (secondary N) is 2. The largest absolute Gasteiger partial charge is 0.356 e. The van der Waals surface area contributed by atoms with E-state index < -0.39 is 0 Å². The average Bonchev–Trinajstić information content (AvgIpc) is 2.52. The molecule has 0 aromatic heterocycles. The van der Waals surface area contributed by atoms with E-state index in [1.807, 2.05) is 25.1 Å². The van der Waals surface area contributed by atoms with Gasteiger partial charge in [0.1, 0.15) is 0 Å². The van der Waals surface area contributed by atoms with Crippen LogP contribution in [0.4, 0.5) is 0 Å². The van der Waals surface area contributed by atoms with Gasteiger partial charge in [0.2, 0.25) is 11.8 Å². The predicted octanol–water partition coefficient (Wildman–Crippen LogP) is 0.946. The SMILES string of the molecule is CCNC(=O)C[C@@H]1C(=O)NCCN1CCCc1ccccc1. The van der Waals surface area contributed by atoms with Crippen molar-refractivity contribution in [2.45, 2.75) is 32.2 Å². The van der Waals surface area contributed by atoms with Crippen LogP contribution in [0.1, 0.15) is 25.3 Å². The van der Waals surface area contributed by atoms with Crippen LogP contribution in [0.5, 0.6) is 0 Å². The van der Waals surface area contributed by atoms with Crippen molar-refractivity contribution in [1.82, 2.24) is 15.5 Å². The number of hydrogen-bond acceptors (Lipinski definition) is 3. The van der Waals surface area contributed by atoms with E-state index in [-0.39, 0.29) is 24.3 Å². The number of benzene rings is 1. The molecular weight excluding hydrogens is 278 g/mol. The number of hydrogen-bond donors (Lipinski definition) is 2. The Balaban J connectivity index is 1.86. The maximum atomic E-state index is 12.0. The lowest BCUT2D eigenvalue weighted by atomic mass is 10.1. The lowest BCUT2D eigenvalue weighted by Crippen LogP contribution is -2.56. The van der Waals surface area contributed by atoms with E-state index in [2.05, 4.69) is 27.7 Å². The summed E-state index contributed by atoms with van der Waals surface area (Å²) in [6, 6.07) is 10.0. The maximum Gasteiger partial charge on any atom is 0.237 e. The van der Waals surface area contributed by atoms with E-state index in [1.54, 1.807) is 0 Å². The molecule has 1 aromatic carbocycles. The minimum Gasteiger partial charge on any atom is -0.356 e. The van der Waals surface area contributed by atoms with Crippen LogP contribution in [-0.4, -0.2) is 48.9 Å². The molecule has 0 radical (unpaired) electrons. The van der Waals surface area contributed by atoms with Gasteiger partial charge in [-0.2, -0.15) is 0 Å². The number of piperazine rings is 1. The fraction of sp³-hybridized carbons (Fsp3) is 0.529. The van der Waals surface area contributed by atoms with Crippen LogP contribution in [-0.2, 0) is 16.0 Å². The van der Waals surface area contributed by atoms with E-state index in [0.717, 1.165) is 25.9 Å². The molecule has 2 amide bonds. The first-order valence-corrected chi connectivity index (χ1v) is 8.03. The minimum atomic E-state index is -0.337. The Kier molecular flexibility index (Phi) is 6.40. The lowest BCUT2D eigenvalue weighted by molar-refractivity contribution is -0.133. The first kappa shape index (κ1) is 16.5. The van der Waals surface area contributed by atoms with Crippen LogP contribution in [0.2, 0.25) is 0 Å². The van der Waals surface area contributed by atoms with Gasteiger partial charge in [0.25, 0.3) is 0 Å². The number of carbonyl (C=O) groups excluding carboxylic acids is 2. The van der Waals surface area contributed by atoms with Gasteiger partial charge in [-0.05, 0) is 31.9 Å². The van der Waals surface area contributed by atoms with Crippen molar-refractivity contribution in [3.05, 3.63) is 35.9 Å². The van der Waals surface area contributed by atoms with Crippen LogP contribution in [0.25, 0.3) is 0 Å². The lowest BCUT2D eigenvalue weighted by Gasteiger charge is -2.34. The Morgan fingerprint density at radius 2 is 2.14 bits per heavy atom. The molecule has 1 atom stereocenters. The standard InChI is InChI=1S/C17H25N3O2/c1-2-18-16(21)13-15-17(22)19-10-12-20(15)11-6-9-14-7-4-3-5-8-14/h3-5,7-8,15H,2,6,9-13H2,1H3,(H,18,21)(H,19,22)/t15-/m1/s1. The summed E-state index contributed by atoms with van der Waals surface area (Å²) in [7, 11) is 0. The number of aryl methyl sites for hydroxylation is 1. The zero-order valence-corrected chi connectivity index (χ0v) is 13.2. The Bertz CT molecular complexity index is 490. The molecule has 1 aromatic rings. The summed E-state index contributed by atoms with van der Waals surface area (Å²) in [5.74, 6) is -0.0881. The Morgan fingerprint density at radius 3 is 2.86 bits per heavy atom. The molecule has 5 heteroatoms.